The zero-order valence-corrected chi connectivity index (χ0v) is 13.0. The number of anilines is 1. The van der Waals surface area contributed by atoms with Gasteiger partial charge in [-0.2, -0.15) is 4.80 Å². The van der Waals surface area contributed by atoms with Gasteiger partial charge in [-0.15, -0.1) is 10.2 Å². The molecule has 9 heteroatoms. The van der Waals surface area contributed by atoms with E-state index in [0.717, 1.165) is 0 Å². The Labute approximate surface area is 136 Å². The van der Waals surface area contributed by atoms with E-state index in [-0.39, 0.29) is 16.9 Å². The molecule has 0 unspecified atom stereocenters. The van der Waals surface area contributed by atoms with Crippen molar-refractivity contribution in [3.63, 3.8) is 0 Å². The Morgan fingerprint density at radius 1 is 1.33 bits per heavy atom. The number of nitrogens with one attached hydrogen (secondary N) is 2. The summed E-state index contributed by atoms with van der Waals surface area (Å²) in [7, 11) is 3.05. The molecule has 24 heavy (non-hydrogen) atoms. The number of carbonyl (C=O) groups excluding carboxylic acids is 1. The lowest BCUT2D eigenvalue weighted by molar-refractivity contribution is 0.102. The fourth-order valence-corrected chi connectivity index (χ4v) is 2.08. The summed E-state index contributed by atoms with van der Waals surface area (Å²) in [5, 5.41) is 14.5. The molecule has 3 aromatic rings. The van der Waals surface area contributed by atoms with Gasteiger partial charge in [0.2, 0.25) is 11.3 Å². The third kappa shape index (κ3) is 3.14. The van der Waals surface area contributed by atoms with E-state index in [4.69, 9.17) is 4.74 Å². The quantitative estimate of drug-likeness (QED) is 0.734. The van der Waals surface area contributed by atoms with Crippen molar-refractivity contribution in [1.29, 1.82) is 0 Å². The number of H-pyrrole nitrogens is 1. The van der Waals surface area contributed by atoms with E-state index < -0.39 is 5.91 Å². The largest absolute Gasteiger partial charge is 0.491 e. The molecule has 0 bridgehead atoms. The van der Waals surface area contributed by atoms with Gasteiger partial charge >= 0.3 is 0 Å². The first kappa shape index (κ1) is 15.4. The monoisotopic (exact) mass is 326 g/mol. The van der Waals surface area contributed by atoms with Gasteiger partial charge in [-0.25, -0.2) is 0 Å². The molecule has 9 nitrogen and oxygen atoms in total. The van der Waals surface area contributed by atoms with E-state index in [1.165, 1.54) is 24.2 Å². The SMILES string of the molecule is COc1c[nH]c(C(=O)Nc2cccc(-c3nnn(C)n3)c2)cc1=O. The van der Waals surface area contributed by atoms with Crippen molar-refractivity contribution in [2.75, 3.05) is 12.4 Å². The molecule has 2 heterocycles. The van der Waals surface area contributed by atoms with Gasteiger partial charge in [-0.05, 0) is 17.3 Å². The van der Waals surface area contributed by atoms with E-state index in [1.807, 2.05) is 6.07 Å². The fourth-order valence-electron chi connectivity index (χ4n) is 2.08. The van der Waals surface area contributed by atoms with Crippen LogP contribution < -0.4 is 15.5 Å². The number of hydrogen-bond acceptors (Lipinski definition) is 6. The highest BCUT2D eigenvalue weighted by molar-refractivity contribution is 6.03. The van der Waals surface area contributed by atoms with Crippen molar-refractivity contribution in [3.8, 4) is 17.1 Å². The second-order valence-corrected chi connectivity index (χ2v) is 4.92. The Hall–Kier alpha value is -3.49. The summed E-state index contributed by atoms with van der Waals surface area (Å²) < 4.78 is 4.87. The van der Waals surface area contributed by atoms with Gasteiger partial charge in [0, 0.05) is 23.5 Å². The number of hydrogen-bond donors (Lipinski definition) is 2. The van der Waals surface area contributed by atoms with Crippen LogP contribution >= 0.6 is 0 Å². The van der Waals surface area contributed by atoms with Crippen molar-refractivity contribution < 1.29 is 9.53 Å². The van der Waals surface area contributed by atoms with Gasteiger partial charge < -0.3 is 15.0 Å². The molecular formula is C15H14N6O3. The highest BCUT2D eigenvalue weighted by Gasteiger charge is 2.11. The lowest BCUT2D eigenvalue weighted by Crippen LogP contribution is -2.17. The summed E-state index contributed by atoms with van der Waals surface area (Å²) in [5.41, 5.74) is 1.01. The Morgan fingerprint density at radius 2 is 2.17 bits per heavy atom. The number of amides is 1. The van der Waals surface area contributed by atoms with E-state index >= 15 is 0 Å². The molecule has 0 saturated heterocycles. The summed E-state index contributed by atoms with van der Waals surface area (Å²) in [6.07, 6.45) is 1.34. The van der Waals surface area contributed by atoms with Gasteiger partial charge in [0.25, 0.3) is 5.91 Å². The second-order valence-electron chi connectivity index (χ2n) is 4.92. The molecule has 1 amide bonds. The maximum atomic E-state index is 12.2. The second kappa shape index (κ2) is 6.32. The molecule has 2 aromatic heterocycles. The Morgan fingerprint density at radius 3 is 2.83 bits per heavy atom. The first-order chi connectivity index (χ1) is 11.6. The van der Waals surface area contributed by atoms with E-state index in [1.54, 1.807) is 25.2 Å². The molecule has 0 aliphatic carbocycles. The highest BCUT2D eigenvalue weighted by atomic mass is 16.5. The van der Waals surface area contributed by atoms with Gasteiger partial charge in [0.05, 0.1) is 14.2 Å². The van der Waals surface area contributed by atoms with Crippen LogP contribution in [0.4, 0.5) is 5.69 Å². The fraction of sp³-hybridized carbons (Fsp3) is 0.133. The van der Waals surface area contributed by atoms with Crippen molar-refractivity contribution in [3.05, 3.63) is 52.4 Å². The van der Waals surface area contributed by atoms with Crippen LogP contribution in [-0.2, 0) is 7.05 Å². The van der Waals surface area contributed by atoms with Crippen molar-refractivity contribution in [1.82, 2.24) is 25.2 Å². The van der Waals surface area contributed by atoms with E-state index in [2.05, 4.69) is 25.7 Å². The van der Waals surface area contributed by atoms with Crippen molar-refractivity contribution in [2.45, 2.75) is 0 Å². The molecule has 3 rings (SSSR count). The van der Waals surface area contributed by atoms with Gasteiger partial charge in [-0.1, -0.05) is 12.1 Å². The Balaban J connectivity index is 1.82. The minimum Gasteiger partial charge on any atom is -0.491 e. The lowest BCUT2D eigenvalue weighted by Gasteiger charge is -2.07. The average molecular weight is 326 g/mol. The molecule has 0 saturated carbocycles. The topological polar surface area (TPSA) is 115 Å². The number of rotatable bonds is 4. The average Bonchev–Trinajstić information content (AvgIpc) is 3.01. The van der Waals surface area contributed by atoms with E-state index in [9.17, 15) is 9.59 Å². The van der Waals surface area contributed by atoms with Gasteiger partial charge in [-0.3, -0.25) is 9.59 Å². The zero-order chi connectivity index (χ0) is 17.1. The minimum absolute atomic E-state index is 0.129. The van der Waals surface area contributed by atoms with Gasteiger partial charge in [0.1, 0.15) is 5.69 Å². The number of methoxy groups -OCH3 is 1. The third-order valence-corrected chi connectivity index (χ3v) is 3.23. The lowest BCUT2D eigenvalue weighted by atomic mass is 10.2. The number of aromatic nitrogens is 5. The predicted octanol–water partition coefficient (Wildman–Crippen LogP) is 0.826. The zero-order valence-electron chi connectivity index (χ0n) is 13.0. The maximum absolute atomic E-state index is 12.2. The van der Waals surface area contributed by atoms with Crippen LogP contribution in [0.25, 0.3) is 11.4 Å². The molecular weight excluding hydrogens is 312 g/mol. The molecule has 0 spiro atoms. The molecule has 0 aliphatic heterocycles. The van der Waals surface area contributed by atoms with Crippen LogP contribution in [0.15, 0.2) is 41.3 Å². The number of aromatic amines is 1. The normalized spacial score (nSPS) is 10.4. The molecule has 1 aromatic carbocycles. The molecule has 0 aliphatic rings. The predicted molar refractivity (Wildman–Crippen MR) is 85.8 cm³/mol. The summed E-state index contributed by atoms with van der Waals surface area (Å²) in [4.78, 5) is 28.0. The summed E-state index contributed by atoms with van der Waals surface area (Å²) >= 11 is 0. The number of nitrogens with zero attached hydrogens (tertiary/aromatic N) is 4. The van der Waals surface area contributed by atoms with Gasteiger partial charge in [0.15, 0.2) is 5.75 Å². The molecule has 122 valence electrons. The first-order valence-corrected chi connectivity index (χ1v) is 6.99. The summed E-state index contributed by atoms with van der Waals surface area (Å²) in [6, 6.07) is 8.19. The number of carbonyl (C=O) groups is 1. The molecule has 0 radical (unpaired) electrons. The van der Waals surface area contributed by atoms with Crippen LogP contribution in [0.5, 0.6) is 5.75 Å². The van der Waals surface area contributed by atoms with Crippen LogP contribution in [-0.4, -0.2) is 38.2 Å². The summed E-state index contributed by atoms with van der Waals surface area (Å²) in [6.45, 7) is 0. The third-order valence-electron chi connectivity index (χ3n) is 3.23. The maximum Gasteiger partial charge on any atom is 0.272 e. The molecule has 0 atom stereocenters. The number of pyridine rings is 1. The van der Waals surface area contributed by atoms with Crippen molar-refractivity contribution in [2.24, 2.45) is 7.05 Å². The van der Waals surface area contributed by atoms with Crippen molar-refractivity contribution >= 4 is 11.6 Å². The standard InChI is InChI=1S/C15H14N6O3/c1-21-19-14(18-20-21)9-4-3-5-10(6-9)17-15(23)11-7-12(22)13(24-2)8-16-11/h3-8H,1-2H3,(H,16,22)(H,17,23). The van der Waals surface area contributed by atoms with Crippen LogP contribution in [0.3, 0.4) is 0 Å². The number of ether oxygens (including phenoxy) is 1. The first-order valence-electron chi connectivity index (χ1n) is 6.99. The smallest absolute Gasteiger partial charge is 0.272 e. The number of aryl methyl sites for hydroxylation is 1. The number of tetrazole rings is 1. The number of benzene rings is 1. The molecule has 0 fully saturated rings. The summed E-state index contributed by atoms with van der Waals surface area (Å²) in [5.74, 6) is 0.146. The Bertz CT molecular complexity index is 946. The Kier molecular flexibility index (Phi) is 4.06. The van der Waals surface area contributed by atoms with E-state index in [0.29, 0.717) is 17.1 Å². The highest BCUT2D eigenvalue weighted by Crippen LogP contribution is 2.19. The van der Waals surface area contributed by atoms with Crippen LogP contribution in [0.1, 0.15) is 10.5 Å². The van der Waals surface area contributed by atoms with Crippen LogP contribution in [0.2, 0.25) is 0 Å². The van der Waals surface area contributed by atoms with Crippen LogP contribution in [0, 0.1) is 0 Å². The molecule has 2 N–H and O–H groups in total. The minimum atomic E-state index is -0.445.